The number of furan rings is 1. The second-order valence-electron chi connectivity index (χ2n) is 3.88. The van der Waals surface area contributed by atoms with Crippen molar-refractivity contribution in [2.45, 2.75) is 0 Å². The Kier molecular flexibility index (Phi) is 3.32. The molecule has 0 atom stereocenters. The van der Waals surface area contributed by atoms with Crippen LogP contribution < -0.4 is 0 Å². The van der Waals surface area contributed by atoms with Crippen molar-refractivity contribution >= 4 is 22.8 Å². The van der Waals surface area contributed by atoms with Gasteiger partial charge >= 0.3 is 5.97 Å². The minimum Gasteiger partial charge on any atom is -0.468 e. The van der Waals surface area contributed by atoms with Gasteiger partial charge in [-0.3, -0.25) is 9.59 Å². The Balaban J connectivity index is 2.25. The number of likely N-dealkylation sites (N-methyl/N-ethyl adjacent to an activating group) is 1. The summed E-state index contributed by atoms with van der Waals surface area (Å²) in [5.41, 5.74) is 1.09. The van der Waals surface area contributed by atoms with Crippen LogP contribution in [0.15, 0.2) is 34.9 Å². The number of esters is 1. The number of hydrogen-bond acceptors (Lipinski definition) is 4. The number of carbonyl (C=O) groups is 2. The zero-order valence-corrected chi connectivity index (χ0v) is 10.2. The van der Waals surface area contributed by atoms with Gasteiger partial charge in [-0.2, -0.15) is 0 Å². The zero-order valence-electron chi connectivity index (χ0n) is 10.2. The number of fused-ring (bicyclic) bond motifs is 1. The van der Waals surface area contributed by atoms with E-state index in [9.17, 15) is 9.59 Å². The molecule has 0 aliphatic heterocycles. The van der Waals surface area contributed by atoms with Gasteiger partial charge in [0.1, 0.15) is 18.4 Å². The summed E-state index contributed by atoms with van der Waals surface area (Å²) in [6, 6.07) is 7.25. The van der Waals surface area contributed by atoms with E-state index in [1.165, 1.54) is 18.3 Å². The van der Waals surface area contributed by atoms with Crippen LogP contribution >= 0.6 is 0 Å². The molecule has 0 bridgehead atoms. The lowest BCUT2D eigenvalue weighted by Crippen LogP contribution is -2.32. The molecule has 94 valence electrons. The standard InChI is InChI=1S/C13H13NO4/c1-14(7-12(15)17-2)13(16)10-8-18-11-6-4-3-5-9(10)11/h3-6,8H,7H2,1-2H3. The van der Waals surface area contributed by atoms with Crippen LogP contribution in [-0.2, 0) is 9.53 Å². The second-order valence-corrected chi connectivity index (χ2v) is 3.88. The third-order valence-electron chi connectivity index (χ3n) is 2.65. The van der Waals surface area contributed by atoms with Crippen LogP contribution in [0.25, 0.3) is 11.0 Å². The van der Waals surface area contributed by atoms with Gasteiger partial charge < -0.3 is 14.1 Å². The van der Waals surface area contributed by atoms with Gasteiger partial charge in [-0.05, 0) is 6.07 Å². The molecule has 0 saturated heterocycles. The summed E-state index contributed by atoms with van der Waals surface area (Å²) < 4.78 is 9.81. The fourth-order valence-electron chi connectivity index (χ4n) is 1.68. The minimum absolute atomic E-state index is 0.0885. The van der Waals surface area contributed by atoms with Crippen molar-refractivity contribution < 1.29 is 18.7 Å². The Morgan fingerprint density at radius 2 is 2.06 bits per heavy atom. The highest BCUT2D eigenvalue weighted by molar-refractivity contribution is 6.06. The molecule has 0 aliphatic rings. The molecule has 1 aromatic heterocycles. The van der Waals surface area contributed by atoms with Crippen molar-refractivity contribution in [2.24, 2.45) is 0 Å². The molecule has 0 fully saturated rings. The maximum absolute atomic E-state index is 12.1. The van der Waals surface area contributed by atoms with E-state index in [1.807, 2.05) is 12.1 Å². The van der Waals surface area contributed by atoms with E-state index >= 15 is 0 Å². The molecule has 0 N–H and O–H groups in total. The molecule has 5 nitrogen and oxygen atoms in total. The molecule has 1 heterocycles. The Labute approximate surface area is 104 Å². The highest BCUT2D eigenvalue weighted by Gasteiger charge is 2.19. The molecule has 0 aliphatic carbocycles. The molecule has 2 aromatic rings. The van der Waals surface area contributed by atoms with E-state index in [0.717, 1.165) is 5.39 Å². The Bertz CT molecular complexity index is 587. The van der Waals surface area contributed by atoms with Crippen LogP contribution in [0.1, 0.15) is 10.4 Å². The normalized spacial score (nSPS) is 10.3. The first-order valence-corrected chi connectivity index (χ1v) is 5.42. The van der Waals surface area contributed by atoms with E-state index in [-0.39, 0.29) is 12.5 Å². The molecule has 5 heteroatoms. The Morgan fingerprint density at radius 1 is 1.33 bits per heavy atom. The van der Waals surface area contributed by atoms with E-state index in [2.05, 4.69) is 4.74 Å². The summed E-state index contributed by atoms with van der Waals surface area (Å²) in [6.45, 7) is -0.0885. The molecular weight excluding hydrogens is 234 g/mol. The van der Waals surface area contributed by atoms with Crippen molar-refractivity contribution in [2.75, 3.05) is 20.7 Å². The molecular formula is C13H13NO4. The number of benzene rings is 1. The first-order chi connectivity index (χ1) is 8.63. The van der Waals surface area contributed by atoms with Crippen LogP contribution in [0.5, 0.6) is 0 Å². The lowest BCUT2D eigenvalue weighted by Gasteiger charge is -2.14. The monoisotopic (exact) mass is 247 g/mol. The largest absolute Gasteiger partial charge is 0.468 e. The van der Waals surface area contributed by atoms with Gasteiger partial charge in [0, 0.05) is 12.4 Å². The Hall–Kier alpha value is -2.30. The van der Waals surface area contributed by atoms with Crippen LogP contribution in [-0.4, -0.2) is 37.5 Å². The highest BCUT2D eigenvalue weighted by Crippen LogP contribution is 2.21. The number of para-hydroxylation sites is 1. The van der Waals surface area contributed by atoms with E-state index in [1.54, 1.807) is 19.2 Å². The van der Waals surface area contributed by atoms with Gasteiger partial charge in [0.25, 0.3) is 5.91 Å². The predicted octanol–water partition coefficient (Wildman–Crippen LogP) is 1.68. The first kappa shape index (κ1) is 12.2. The summed E-state index contributed by atoms with van der Waals surface area (Å²) >= 11 is 0. The van der Waals surface area contributed by atoms with Crippen LogP contribution in [0.4, 0.5) is 0 Å². The van der Waals surface area contributed by atoms with Gasteiger partial charge in [-0.25, -0.2) is 0 Å². The van der Waals surface area contributed by atoms with Crippen LogP contribution in [0.3, 0.4) is 0 Å². The molecule has 0 radical (unpaired) electrons. The fourth-order valence-corrected chi connectivity index (χ4v) is 1.68. The lowest BCUT2D eigenvalue weighted by atomic mass is 10.1. The molecule has 1 amide bonds. The van der Waals surface area contributed by atoms with Gasteiger partial charge in [-0.1, -0.05) is 18.2 Å². The smallest absolute Gasteiger partial charge is 0.325 e. The first-order valence-electron chi connectivity index (χ1n) is 5.42. The Morgan fingerprint density at radius 3 is 2.78 bits per heavy atom. The molecule has 18 heavy (non-hydrogen) atoms. The summed E-state index contributed by atoms with van der Waals surface area (Å²) in [5, 5.41) is 0.735. The van der Waals surface area contributed by atoms with Gasteiger partial charge in [0.05, 0.1) is 12.7 Å². The van der Waals surface area contributed by atoms with Crippen molar-refractivity contribution in [3.8, 4) is 0 Å². The topological polar surface area (TPSA) is 59.8 Å². The average molecular weight is 247 g/mol. The molecule has 0 unspecified atom stereocenters. The van der Waals surface area contributed by atoms with E-state index < -0.39 is 5.97 Å². The van der Waals surface area contributed by atoms with Crippen molar-refractivity contribution in [1.29, 1.82) is 0 Å². The highest BCUT2D eigenvalue weighted by atomic mass is 16.5. The maximum atomic E-state index is 12.1. The lowest BCUT2D eigenvalue weighted by molar-refractivity contribution is -0.141. The zero-order chi connectivity index (χ0) is 13.1. The second kappa shape index (κ2) is 4.91. The summed E-state index contributed by atoms with van der Waals surface area (Å²) in [5.74, 6) is -0.732. The number of nitrogens with zero attached hydrogens (tertiary/aromatic N) is 1. The fraction of sp³-hybridized carbons (Fsp3) is 0.231. The average Bonchev–Trinajstić information content (AvgIpc) is 2.81. The van der Waals surface area contributed by atoms with E-state index in [4.69, 9.17) is 4.42 Å². The quantitative estimate of drug-likeness (QED) is 0.774. The summed E-state index contributed by atoms with van der Waals surface area (Å²) in [4.78, 5) is 24.5. The number of hydrogen-bond donors (Lipinski definition) is 0. The number of amides is 1. The molecule has 0 saturated carbocycles. The number of rotatable bonds is 3. The SMILES string of the molecule is COC(=O)CN(C)C(=O)c1coc2ccccc12. The minimum atomic E-state index is -0.460. The van der Waals surface area contributed by atoms with Crippen LogP contribution in [0, 0.1) is 0 Å². The molecule has 0 spiro atoms. The van der Waals surface area contributed by atoms with Gasteiger partial charge in [0.2, 0.25) is 0 Å². The van der Waals surface area contributed by atoms with Gasteiger partial charge in [0.15, 0.2) is 0 Å². The molecule has 2 rings (SSSR count). The van der Waals surface area contributed by atoms with Crippen LogP contribution in [0.2, 0.25) is 0 Å². The predicted molar refractivity (Wildman–Crippen MR) is 65.2 cm³/mol. The third-order valence-corrected chi connectivity index (χ3v) is 2.65. The van der Waals surface area contributed by atoms with E-state index in [0.29, 0.717) is 11.1 Å². The number of ether oxygens (including phenoxy) is 1. The van der Waals surface area contributed by atoms with Gasteiger partial charge in [-0.15, -0.1) is 0 Å². The summed E-state index contributed by atoms with van der Waals surface area (Å²) in [6.07, 6.45) is 1.40. The maximum Gasteiger partial charge on any atom is 0.325 e. The molecule has 1 aromatic carbocycles. The third kappa shape index (κ3) is 2.20. The summed E-state index contributed by atoms with van der Waals surface area (Å²) in [7, 11) is 2.83. The van der Waals surface area contributed by atoms with Crippen molar-refractivity contribution in [3.05, 3.63) is 36.1 Å². The van der Waals surface area contributed by atoms with Crippen molar-refractivity contribution in [3.63, 3.8) is 0 Å². The number of methoxy groups -OCH3 is 1. The number of carbonyl (C=O) groups excluding carboxylic acids is 2. The van der Waals surface area contributed by atoms with Crippen molar-refractivity contribution in [1.82, 2.24) is 4.90 Å².